The highest BCUT2D eigenvalue weighted by Crippen LogP contribution is 2.16. The molecule has 22 heavy (non-hydrogen) atoms. The molecule has 0 unspecified atom stereocenters. The Balaban J connectivity index is 1.48. The SMILES string of the molecule is Cc1ccc(=O)n(CC2CN(CCn3ccccc3=O)C2)n1. The molecule has 1 aliphatic rings. The Bertz CT molecular complexity index is 759. The van der Waals surface area contributed by atoms with Crippen LogP contribution in [0.15, 0.2) is 46.1 Å². The van der Waals surface area contributed by atoms with Crippen LogP contribution in [0.2, 0.25) is 0 Å². The zero-order valence-corrected chi connectivity index (χ0v) is 12.7. The van der Waals surface area contributed by atoms with Gasteiger partial charge in [0.1, 0.15) is 0 Å². The predicted molar refractivity (Wildman–Crippen MR) is 83.9 cm³/mol. The second-order valence-electron chi connectivity index (χ2n) is 5.85. The first kappa shape index (κ1) is 14.7. The maximum Gasteiger partial charge on any atom is 0.266 e. The van der Waals surface area contributed by atoms with Gasteiger partial charge in [-0.2, -0.15) is 5.10 Å². The predicted octanol–water partition coefficient (Wildman–Crippen LogP) is 0.345. The number of nitrogens with zero attached hydrogens (tertiary/aromatic N) is 4. The van der Waals surface area contributed by atoms with Gasteiger partial charge in [0.25, 0.3) is 11.1 Å². The van der Waals surface area contributed by atoms with Crippen LogP contribution in [-0.4, -0.2) is 38.9 Å². The molecule has 2 aromatic rings. The van der Waals surface area contributed by atoms with E-state index in [2.05, 4.69) is 10.00 Å². The molecule has 3 heterocycles. The summed E-state index contributed by atoms with van der Waals surface area (Å²) in [6, 6.07) is 8.51. The molecular weight excluding hydrogens is 280 g/mol. The van der Waals surface area contributed by atoms with E-state index in [1.54, 1.807) is 33.5 Å². The van der Waals surface area contributed by atoms with Gasteiger partial charge in [-0.3, -0.25) is 9.59 Å². The van der Waals surface area contributed by atoms with Gasteiger partial charge in [0.2, 0.25) is 0 Å². The third-order valence-electron chi connectivity index (χ3n) is 4.02. The van der Waals surface area contributed by atoms with Crippen molar-refractivity contribution in [2.24, 2.45) is 5.92 Å². The minimum absolute atomic E-state index is 0.0371. The summed E-state index contributed by atoms with van der Waals surface area (Å²) in [6.45, 7) is 6.02. The molecule has 0 saturated carbocycles. The van der Waals surface area contributed by atoms with E-state index in [0.717, 1.165) is 25.3 Å². The van der Waals surface area contributed by atoms with Gasteiger partial charge in [-0.15, -0.1) is 0 Å². The molecule has 0 radical (unpaired) electrons. The Labute approximate surface area is 128 Å². The molecule has 0 atom stereocenters. The number of pyridine rings is 1. The highest BCUT2D eigenvalue weighted by Gasteiger charge is 2.27. The van der Waals surface area contributed by atoms with Crippen molar-refractivity contribution in [3.63, 3.8) is 0 Å². The summed E-state index contributed by atoms with van der Waals surface area (Å²) in [5.41, 5.74) is 0.856. The maximum atomic E-state index is 11.7. The highest BCUT2D eigenvalue weighted by molar-refractivity contribution is 4.97. The van der Waals surface area contributed by atoms with Gasteiger partial charge < -0.3 is 9.47 Å². The first-order valence-corrected chi connectivity index (χ1v) is 7.54. The van der Waals surface area contributed by atoms with E-state index in [1.807, 2.05) is 19.2 Å². The van der Waals surface area contributed by atoms with Crippen LogP contribution in [0.25, 0.3) is 0 Å². The van der Waals surface area contributed by atoms with Crippen molar-refractivity contribution in [1.82, 2.24) is 19.2 Å². The second kappa shape index (κ2) is 6.27. The molecule has 0 spiro atoms. The van der Waals surface area contributed by atoms with E-state index in [9.17, 15) is 9.59 Å². The van der Waals surface area contributed by atoms with E-state index in [-0.39, 0.29) is 11.1 Å². The minimum atomic E-state index is -0.0418. The van der Waals surface area contributed by atoms with Gasteiger partial charge >= 0.3 is 0 Å². The Hall–Kier alpha value is -2.21. The van der Waals surface area contributed by atoms with Crippen LogP contribution >= 0.6 is 0 Å². The highest BCUT2D eigenvalue weighted by atomic mass is 16.1. The lowest BCUT2D eigenvalue weighted by molar-refractivity contribution is 0.0801. The molecule has 3 rings (SSSR count). The van der Waals surface area contributed by atoms with Crippen LogP contribution in [0.5, 0.6) is 0 Å². The summed E-state index contributed by atoms with van der Waals surface area (Å²) < 4.78 is 3.28. The molecule has 0 amide bonds. The number of aromatic nitrogens is 3. The Morgan fingerprint density at radius 1 is 1.09 bits per heavy atom. The first-order chi connectivity index (χ1) is 10.6. The molecule has 0 N–H and O–H groups in total. The average molecular weight is 300 g/mol. The largest absolute Gasteiger partial charge is 0.314 e. The molecule has 1 saturated heterocycles. The van der Waals surface area contributed by atoms with Crippen LogP contribution in [-0.2, 0) is 13.1 Å². The fourth-order valence-electron chi connectivity index (χ4n) is 2.80. The minimum Gasteiger partial charge on any atom is -0.314 e. The maximum absolute atomic E-state index is 11.7. The van der Waals surface area contributed by atoms with Gasteiger partial charge in [-0.25, -0.2) is 4.68 Å². The van der Waals surface area contributed by atoms with Crippen molar-refractivity contribution in [2.45, 2.75) is 20.0 Å². The molecule has 0 bridgehead atoms. The van der Waals surface area contributed by atoms with Crippen LogP contribution in [0.3, 0.4) is 0 Å². The number of hydrogen-bond acceptors (Lipinski definition) is 4. The van der Waals surface area contributed by atoms with Gasteiger partial charge in [-0.05, 0) is 19.1 Å². The molecule has 6 heteroatoms. The van der Waals surface area contributed by atoms with Crippen LogP contribution < -0.4 is 11.1 Å². The third kappa shape index (κ3) is 3.33. The van der Waals surface area contributed by atoms with E-state index in [0.29, 0.717) is 19.0 Å². The quantitative estimate of drug-likeness (QED) is 0.799. The fourth-order valence-corrected chi connectivity index (χ4v) is 2.80. The number of rotatable bonds is 5. The van der Waals surface area contributed by atoms with E-state index < -0.39 is 0 Å². The van der Waals surface area contributed by atoms with E-state index >= 15 is 0 Å². The topological polar surface area (TPSA) is 60.1 Å². The Morgan fingerprint density at radius 2 is 1.91 bits per heavy atom. The first-order valence-electron chi connectivity index (χ1n) is 7.54. The lowest BCUT2D eigenvalue weighted by Gasteiger charge is -2.39. The van der Waals surface area contributed by atoms with Crippen molar-refractivity contribution < 1.29 is 0 Å². The zero-order chi connectivity index (χ0) is 15.5. The second-order valence-corrected chi connectivity index (χ2v) is 5.85. The molecule has 0 aliphatic carbocycles. The number of hydrogen-bond donors (Lipinski definition) is 0. The van der Waals surface area contributed by atoms with Crippen LogP contribution in [0.1, 0.15) is 5.69 Å². The average Bonchev–Trinajstić information content (AvgIpc) is 2.46. The van der Waals surface area contributed by atoms with E-state index in [4.69, 9.17) is 0 Å². The molecule has 1 aliphatic heterocycles. The lowest BCUT2D eigenvalue weighted by Crippen LogP contribution is -2.50. The molecular formula is C16H20N4O2. The summed E-state index contributed by atoms with van der Waals surface area (Å²) in [7, 11) is 0. The Kier molecular flexibility index (Phi) is 4.20. The number of aryl methyl sites for hydroxylation is 1. The smallest absolute Gasteiger partial charge is 0.266 e. The van der Waals surface area contributed by atoms with E-state index in [1.165, 1.54) is 0 Å². The van der Waals surface area contributed by atoms with Crippen molar-refractivity contribution in [2.75, 3.05) is 19.6 Å². The van der Waals surface area contributed by atoms with Gasteiger partial charge in [0.15, 0.2) is 0 Å². The lowest BCUT2D eigenvalue weighted by atomic mass is 10.0. The summed E-state index contributed by atoms with van der Waals surface area (Å²) in [6.07, 6.45) is 1.82. The summed E-state index contributed by atoms with van der Waals surface area (Å²) in [5, 5.41) is 4.26. The molecule has 1 fully saturated rings. The fraction of sp³-hybridized carbons (Fsp3) is 0.438. The monoisotopic (exact) mass is 300 g/mol. The van der Waals surface area contributed by atoms with Crippen LogP contribution in [0.4, 0.5) is 0 Å². The standard InChI is InChI=1S/C16H20N4O2/c1-13-5-6-16(22)20(17-13)12-14-10-18(11-14)8-9-19-7-3-2-4-15(19)21/h2-7,14H,8-12H2,1H3. The number of likely N-dealkylation sites (tertiary alicyclic amines) is 1. The van der Waals surface area contributed by atoms with Gasteiger partial charge in [0.05, 0.1) is 12.2 Å². The normalized spacial score (nSPS) is 15.7. The van der Waals surface area contributed by atoms with Gasteiger partial charge in [0, 0.05) is 50.4 Å². The van der Waals surface area contributed by atoms with Crippen molar-refractivity contribution >= 4 is 0 Å². The molecule has 2 aromatic heterocycles. The third-order valence-corrected chi connectivity index (χ3v) is 4.02. The van der Waals surface area contributed by atoms with Crippen LogP contribution in [0, 0.1) is 12.8 Å². The molecule has 116 valence electrons. The van der Waals surface area contributed by atoms with Crippen molar-refractivity contribution in [3.8, 4) is 0 Å². The summed E-state index contributed by atoms with van der Waals surface area (Å²) >= 11 is 0. The molecule has 6 nitrogen and oxygen atoms in total. The zero-order valence-electron chi connectivity index (χ0n) is 12.7. The van der Waals surface area contributed by atoms with Crippen molar-refractivity contribution in [1.29, 1.82) is 0 Å². The Morgan fingerprint density at radius 3 is 2.68 bits per heavy atom. The van der Waals surface area contributed by atoms with Gasteiger partial charge in [-0.1, -0.05) is 6.07 Å². The summed E-state index contributed by atoms with van der Waals surface area (Å²) in [5.74, 6) is 0.458. The molecule has 0 aromatic carbocycles. The van der Waals surface area contributed by atoms with Crippen molar-refractivity contribution in [3.05, 3.63) is 62.9 Å². The summed E-state index contributed by atoms with van der Waals surface area (Å²) in [4.78, 5) is 25.6.